The summed E-state index contributed by atoms with van der Waals surface area (Å²) in [6, 6.07) is 36.9. The van der Waals surface area contributed by atoms with Crippen molar-refractivity contribution in [1.82, 2.24) is 0 Å². The van der Waals surface area contributed by atoms with E-state index in [2.05, 4.69) is 60.7 Å². The molecular formula is C25H25N2P. The topological polar surface area (TPSA) is 52.0 Å². The fraction of sp³-hybridized carbons (Fsp3) is 0.0400. The summed E-state index contributed by atoms with van der Waals surface area (Å²) in [6.07, 6.45) is 0.791. The number of hydrogen-bond acceptors (Lipinski definition) is 2. The van der Waals surface area contributed by atoms with Gasteiger partial charge in [0.15, 0.2) is 0 Å². The molecule has 0 aliphatic heterocycles. The molecule has 0 spiro atoms. The summed E-state index contributed by atoms with van der Waals surface area (Å²) in [7, 11) is 0.777. The highest BCUT2D eigenvalue weighted by molar-refractivity contribution is 7.55. The van der Waals surface area contributed by atoms with Gasteiger partial charge in [0.1, 0.15) is 0 Å². The predicted molar refractivity (Wildman–Crippen MR) is 125 cm³/mol. The second kappa shape index (κ2) is 10.3. The fourth-order valence-electron chi connectivity index (χ4n) is 2.81. The third-order valence-corrected chi connectivity index (χ3v) is 5.57. The highest BCUT2D eigenvalue weighted by Crippen LogP contribution is 2.19. The van der Waals surface area contributed by atoms with Crippen LogP contribution in [0.15, 0.2) is 109 Å². The summed E-state index contributed by atoms with van der Waals surface area (Å²) in [5, 5.41) is 2.79. The van der Waals surface area contributed by atoms with Crippen molar-refractivity contribution in [2.24, 2.45) is 0 Å². The van der Waals surface area contributed by atoms with E-state index < -0.39 is 0 Å². The minimum absolute atomic E-state index is 0.777. The lowest BCUT2D eigenvalue weighted by Crippen LogP contribution is -2.01. The largest absolute Gasteiger partial charge is 0.398 e. The first-order valence-electron chi connectivity index (χ1n) is 9.26. The molecule has 0 bridgehead atoms. The Hall–Kier alpha value is -3.09. The molecule has 4 N–H and O–H groups in total. The lowest BCUT2D eigenvalue weighted by molar-refractivity contribution is 1.20. The van der Waals surface area contributed by atoms with Crippen LogP contribution in [0.25, 0.3) is 0 Å². The van der Waals surface area contributed by atoms with Crippen LogP contribution in [0.1, 0.15) is 11.1 Å². The van der Waals surface area contributed by atoms with Crippen LogP contribution in [0.2, 0.25) is 0 Å². The maximum atomic E-state index is 5.88. The number of nitrogens with two attached hydrogens (primary N) is 2. The lowest BCUT2D eigenvalue weighted by Gasteiger charge is -2.07. The summed E-state index contributed by atoms with van der Waals surface area (Å²) in [6.45, 7) is 0. The van der Waals surface area contributed by atoms with Crippen molar-refractivity contribution in [1.29, 1.82) is 0 Å². The maximum absolute atomic E-state index is 5.88. The smallest absolute Gasteiger partial charge is 0.0349 e. The molecule has 0 aliphatic carbocycles. The van der Waals surface area contributed by atoms with Crippen LogP contribution in [0.5, 0.6) is 0 Å². The highest BCUT2D eigenvalue weighted by atomic mass is 31.1. The van der Waals surface area contributed by atoms with Crippen LogP contribution in [0, 0.1) is 0 Å². The van der Waals surface area contributed by atoms with Crippen LogP contribution in [0.4, 0.5) is 11.4 Å². The summed E-state index contributed by atoms with van der Waals surface area (Å²) in [5.74, 6) is 0. The third kappa shape index (κ3) is 5.97. The maximum Gasteiger partial charge on any atom is 0.0349 e. The van der Waals surface area contributed by atoms with Crippen molar-refractivity contribution in [2.45, 2.75) is 6.42 Å². The molecule has 0 amide bonds. The van der Waals surface area contributed by atoms with E-state index in [1.807, 2.05) is 48.5 Å². The third-order valence-electron chi connectivity index (χ3n) is 4.33. The van der Waals surface area contributed by atoms with Gasteiger partial charge in [0, 0.05) is 17.8 Å². The Bertz CT molecular complexity index is 904. The molecule has 3 heteroatoms. The number of benzene rings is 4. The van der Waals surface area contributed by atoms with Gasteiger partial charge in [-0.1, -0.05) is 106 Å². The van der Waals surface area contributed by atoms with Gasteiger partial charge in [-0.05, 0) is 33.9 Å². The molecule has 0 fully saturated rings. The molecule has 4 rings (SSSR count). The summed E-state index contributed by atoms with van der Waals surface area (Å²) in [4.78, 5) is 0. The van der Waals surface area contributed by atoms with E-state index in [0.717, 1.165) is 37.5 Å². The monoisotopic (exact) mass is 384 g/mol. The number of anilines is 2. The van der Waals surface area contributed by atoms with Gasteiger partial charge >= 0.3 is 0 Å². The molecule has 0 unspecified atom stereocenters. The van der Waals surface area contributed by atoms with Crippen LogP contribution in [0.3, 0.4) is 0 Å². The van der Waals surface area contributed by atoms with Crippen molar-refractivity contribution in [3.05, 3.63) is 120 Å². The van der Waals surface area contributed by atoms with E-state index in [1.165, 1.54) is 10.6 Å². The van der Waals surface area contributed by atoms with Gasteiger partial charge in [-0.2, -0.15) is 0 Å². The first kappa shape index (κ1) is 19.7. The van der Waals surface area contributed by atoms with Gasteiger partial charge in [-0.25, -0.2) is 0 Å². The number of nitrogen functional groups attached to an aromatic ring is 2. The van der Waals surface area contributed by atoms with Crippen molar-refractivity contribution in [2.75, 3.05) is 11.5 Å². The number of hydrogen-bond donors (Lipinski definition) is 2. The molecule has 140 valence electrons. The highest BCUT2D eigenvalue weighted by Gasteiger charge is 2.02. The van der Waals surface area contributed by atoms with Gasteiger partial charge in [0.2, 0.25) is 0 Å². The normalized spacial score (nSPS) is 10.0. The van der Waals surface area contributed by atoms with Crippen molar-refractivity contribution in [3.8, 4) is 0 Å². The summed E-state index contributed by atoms with van der Waals surface area (Å²) in [5.41, 5.74) is 15.6. The molecule has 0 saturated carbocycles. The van der Waals surface area contributed by atoms with Crippen molar-refractivity contribution < 1.29 is 0 Å². The molecule has 0 aliphatic rings. The summed E-state index contributed by atoms with van der Waals surface area (Å²) < 4.78 is 0. The van der Waals surface area contributed by atoms with Crippen molar-refractivity contribution >= 4 is 30.6 Å². The van der Waals surface area contributed by atoms with E-state index in [4.69, 9.17) is 11.5 Å². The molecule has 0 aromatic heterocycles. The molecule has 0 atom stereocenters. The molecule has 28 heavy (non-hydrogen) atoms. The Morgan fingerprint density at radius 2 is 0.821 bits per heavy atom. The molecule has 0 saturated heterocycles. The van der Waals surface area contributed by atoms with Crippen LogP contribution >= 0.6 is 8.58 Å². The van der Waals surface area contributed by atoms with Gasteiger partial charge in [0.05, 0.1) is 0 Å². The average molecular weight is 384 g/mol. The van der Waals surface area contributed by atoms with Gasteiger partial charge in [0.25, 0.3) is 0 Å². The first-order valence-corrected chi connectivity index (χ1v) is 10.3. The minimum Gasteiger partial charge on any atom is -0.398 e. The zero-order valence-corrected chi connectivity index (χ0v) is 16.8. The van der Waals surface area contributed by atoms with E-state index in [-0.39, 0.29) is 0 Å². The van der Waals surface area contributed by atoms with Gasteiger partial charge in [-0.3, -0.25) is 0 Å². The Morgan fingerprint density at radius 1 is 0.464 bits per heavy atom. The SMILES string of the molecule is Nc1ccccc1Cc1ccccc1N.c1ccc(Pc2ccccc2)cc1. The molecule has 0 heterocycles. The predicted octanol–water partition coefficient (Wildman–Crippen LogP) is 4.76. The summed E-state index contributed by atoms with van der Waals surface area (Å²) >= 11 is 0. The Kier molecular flexibility index (Phi) is 7.23. The second-order valence-corrected chi connectivity index (χ2v) is 7.84. The standard InChI is InChI=1S/C13H14N2.C12H11P/c14-12-7-3-1-5-10(12)9-11-6-2-4-8-13(11)15;1-3-7-11(8-4-1)13-12-9-5-2-6-10-12/h1-8H,9,14-15H2;1-10,13H. The zero-order valence-electron chi connectivity index (χ0n) is 15.8. The fourth-order valence-corrected chi connectivity index (χ4v) is 3.86. The van der Waals surface area contributed by atoms with E-state index in [9.17, 15) is 0 Å². The molecule has 4 aromatic carbocycles. The molecule has 4 aromatic rings. The number of rotatable bonds is 4. The first-order chi connectivity index (χ1) is 13.7. The van der Waals surface area contributed by atoms with Crippen LogP contribution < -0.4 is 22.1 Å². The Labute approximate surface area is 169 Å². The van der Waals surface area contributed by atoms with Gasteiger partial charge < -0.3 is 11.5 Å². The minimum atomic E-state index is 0.777. The second-order valence-electron chi connectivity index (χ2n) is 6.43. The van der Waals surface area contributed by atoms with Crippen LogP contribution in [-0.4, -0.2) is 0 Å². The molecule has 0 radical (unpaired) electrons. The molecular weight excluding hydrogens is 359 g/mol. The van der Waals surface area contributed by atoms with E-state index in [1.54, 1.807) is 0 Å². The van der Waals surface area contributed by atoms with E-state index >= 15 is 0 Å². The van der Waals surface area contributed by atoms with Crippen LogP contribution in [-0.2, 0) is 6.42 Å². The van der Waals surface area contributed by atoms with Gasteiger partial charge in [-0.15, -0.1) is 0 Å². The Balaban J connectivity index is 0.000000162. The molecule has 2 nitrogen and oxygen atoms in total. The quantitative estimate of drug-likeness (QED) is 0.394. The Morgan fingerprint density at radius 3 is 1.21 bits per heavy atom. The average Bonchev–Trinajstić information content (AvgIpc) is 2.73. The van der Waals surface area contributed by atoms with Crippen molar-refractivity contribution in [3.63, 3.8) is 0 Å². The van der Waals surface area contributed by atoms with E-state index in [0.29, 0.717) is 0 Å². The lowest BCUT2D eigenvalue weighted by atomic mass is 10.0. The number of para-hydroxylation sites is 2. The zero-order chi connectivity index (χ0) is 19.6.